The van der Waals surface area contributed by atoms with Crippen LogP contribution in [0.1, 0.15) is 48.0 Å². The Bertz CT molecular complexity index is 1320. The molecule has 3 aromatic rings. The summed E-state index contributed by atoms with van der Waals surface area (Å²) in [5.74, 6) is -0.321. The number of rotatable bonds is 7. The molecule has 4 rings (SSSR count). The molecular formula is C28H30N3O3+. The smallest absolute Gasteiger partial charge is 0.337 e. The molecule has 1 aliphatic heterocycles. The molecule has 1 aliphatic rings. The summed E-state index contributed by atoms with van der Waals surface area (Å²) in [4.78, 5) is 18.9. The fraction of sp³-hybridized carbons (Fsp3) is 0.250. The Hall–Kier alpha value is -3.93. The van der Waals surface area contributed by atoms with Crippen molar-refractivity contribution >= 4 is 34.2 Å². The van der Waals surface area contributed by atoms with Crippen LogP contribution >= 0.6 is 0 Å². The van der Waals surface area contributed by atoms with Gasteiger partial charge in [0.15, 0.2) is 5.71 Å². The third-order valence-corrected chi connectivity index (χ3v) is 6.12. The number of fused-ring (bicyclic) bond motifs is 1. The lowest BCUT2D eigenvalue weighted by atomic mass is 9.88. The van der Waals surface area contributed by atoms with Crippen molar-refractivity contribution in [3.63, 3.8) is 0 Å². The van der Waals surface area contributed by atoms with E-state index in [4.69, 9.17) is 4.74 Å². The molecule has 2 aromatic carbocycles. The Morgan fingerprint density at radius 3 is 2.50 bits per heavy atom. The van der Waals surface area contributed by atoms with E-state index in [0.717, 1.165) is 45.9 Å². The lowest BCUT2D eigenvalue weighted by Crippen LogP contribution is -2.13. The van der Waals surface area contributed by atoms with Crippen molar-refractivity contribution in [1.29, 1.82) is 0 Å². The number of para-hydroxylation sites is 1. The highest BCUT2D eigenvalue weighted by atomic mass is 16.5. The maximum atomic E-state index is 12.3. The predicted molar refractivity (Wildman–Crippen MR) is 137 cm³/mol. The zero-order chi connectivity index (χ0) is 24.4. The van der Waals surface area contributed by atoms with E-state index in [1.807, 2.05) is 56.3 Å². The monoisotopic (exact) mass is 456 g/mol. The number of carbonyl (C=O) groups is 1. The van der Waals surface area contributed by atoms with E-state index in [1.165, 1.54) is 0 Å². The number of aromatic carboxylic acids is 1. The van der Waals surface area contributed by atoms with Crippen LogP contribution in [-0.2, 0) is 0 Å². The quantitative estimate of drug-likeness (QED) is 0.486. The number of hydrogen-bond donors (Lipinski definition) is 1. The number of nitrogens with zero attached hydrogens (tertiary/aromatic N) is 3. The van der Waals surface area contributed by atoms with Gasteiger partial charge in [-0.25, -0.2) is 4.79 Å². The van der Waals surface area contributed by atoms with Gasteiger partial charge in [-0.05, 0) is 44.2 Å². The van der Waals surface area contributed by atoms with Gasteiger partial charge in [-0.15, -0.1) is 0 Å². The molecule has 0 aliphatic carbocycles. The number of ether oxygens (including phenoxy) is 1. The van der Waals surface area contributed by atoms with Gasteiger partial charge in [0.05, 0.1) is 29.0 Å². The second-order valence-corrected chi connectivity index (χ2v) is 8.31. The minimum atomic E-state index is -1.01. The zero-order valence-electron chi connectivity index (χ0n) is 20.3. The molecule has 1 N–H and O–H groups in total. The van der Waals surface area contributed by atoms with Gasteiger partial charge in [-0.2, -0.15) is 4.58 Å². The van der Waals surface area contributed by atoms with Crippen molar-refractivity contribution in [3.05, 3.63) is 83.2 Å². The van der Waals surface area contributed by atoms with E-state index in [2.05, 4.69) is 35.5 Å². The lowest BCUT2D eigenvalue weighted by Gasteiger charge is -2.20. The molecule has 0 radical (unpaired) electrons. The van der Waals surface area contributed by atoms with Crippen LogP contribution in [0.15, 0.2) is 60.8 Å². The third-order valence-electron chi connectivity index (χ3n) is 6.12. The molecule has 174 valence electrons. The van der Waals surface area contributed by atoms with Gasteiger partial charge in [-0.3, -0.25) is 4.98 Å². The normalized spacial score (nSPS) is 14.1. The van der Waals surface area contributed by atoms with E-state index in [9.17, 15) is 9.90 Å². The topological polar surface area (TPSA) is 65.7 Å². The van der Waals surface area contributed by atoms with Crippen LogP contribution in [0.3, 0.4) is 0 Å². The molecule has 6 heteroatoms. The summed E-state index contributed by atoms with van der Waals surface area (Å²) < 4.78 is 8.36. The summed E-state index contributed by atoms with van der Waals surface area (Å²) in [6.07, 6.45) is 1.64. The number of anilines is 1. The number of carboxylic acid groups (broad SMARTS) is 1. The SMILES string of the molecule is CCOc1cc(N(C)C)ccc1/C(=C1/C(C)=[N+](CC)c2ccccc21)c1ncccc1C(=O)O. The second-order valence-electron chi connectivity index (χ2n) is 8.31. The fourth-order valence-electron chi connectivity index (χ4n) is 4.58. The van der Waals surface area contributed by atoms with Crippen molar-refractivity contribution in [2.75, 3.05) is 32.1 Å². The Labute approximate surface area is 200 Å². The van der Waals surface area contributed by atoms with Gasteiger partial charge in [0.2, 0.25) is 5.69 Å². The Morgan fingerprint density at radius 2 is 1.82 bits per heavy atom. The molecule has 6 nitrogen and oxygen atoms in total. The van der Waals surface area contributed by atoms with Crippen LogP contribution < -0.4 is 9.64 Å². The predicted octanol–water partition coefficient (Wildman–Crippen LogP) is 5.34. The molecule has 2 heterocycles. The summed E-state index contributed by atoms with van der Waals surface area (Å²) in [5.41, 5.74) is 7.34. The molecule has 0 unspecified atom stereocenters. The molecule has 0 amide bonds. The molecule has 0 atom stereocenters. The van der Waals surface area contributed by atoms with Crippen LogP contribution in [0.2, 0.25) is 0 Å². The van der Waals surface area contributed by atoms with Gasteiger partial charge in [-0.1, -0.05) is 12.1 Å². The average molecular weight is 457 g/mol. The van der Waals surface area contributed by atoms with Crippen molar-refractivity contribution in [1.82, 2.24) is 4.98 Å². The molecule has 0 saturated heterocycles. The summed E-state index contributed by atoms with van der Waals surface area (Å²) in [5, 5.41) is 10.0. The van der Waals surface area contributed by atoms with Gasteiger partial charge in [0.1, 0.15) is 12.3 Å². The number of aromatic nitrogens is 1. The van der Waals surface area contributed by atoms with Crippen molar-refractivity contribution in [2.24, 2.45) is 0 Å². The third kappa shape index (κ3) is 3.96. The summed E-state index contributed by atoms with van der Waals surface area (Å²) in [7, 11) is 3.96. The van der Waals surface area contributed by atoms with Crippen LogP contribution in [-0.4, -0.2) is 53.6 Å². The van der Waals surface area contributed by atoms with E-state index < -0.39 is 5.97 Å². The van der Waals surface area contributed by atoms with Crippen molar-refractivity contribution in [2.45, 2.75) is 20.8 Å². The first-order valence-electron chi connectivity index (χ1n) is 11.5. The van der Waals surface area contributed by atoms with E-state index in [1.54, 1.807) is 18.3 Å². The maximum absolute atomic E-state index is 12.3. The number of pyridine rings is 1. The van der Waals surface area contributed by atoms with E-state index in [-0.39, 0.29) is 5.56 Å². The zero-order valence-corrected chi connectivity index (χ0v) is 20.3. The van der Waals surface area contributed by atoms with Crippen LogP contribution in [0, 0.1) is 0 Å². The second kappa shape index (κ2) is 9.51. The van der Waals surface area contributed by atoms with Crippen LogP contribution in [0.5, 0.6) is 5.75 Å². The molecule has 0 saturated carbocycles. The van der Waals surface area contributed by atoms with Crippen LogP contribution in [0.25, 0.3) is 11.1 Å². The fourth-order valence-corrected chi connectivity index (χ4v) is 4.58. The maximum Gasteiger partial charge on any atom is 0.337 e. The van der Waals surface area contributed by atoms with Gasteiger partial charge in [0.25, 0.3) is 0 Å². The van der Waals surface area contributed by atoms with E-state index >= 15 is 0 Å². The highest BCUT2D eigenvalue weighted by Gasteiger charge is 2.35. The van der Waals surface area contributed by atoms with Crippen LogP contribution in [0.4, 0.5) is 11.4 Å². The summed E-state index contributed by atoms with van der Waals surface area (Å²) in [6.45, 7) is 7.43. The molecule has 1 aromatic heterocycles. The molecule has 0 spiro atoms. The van der Waals surface area contributed by atoms with Crippen molar-refractivity contribution < 1.29 is 19.2 Å². The first kappa shape index (κ1) is 23.2. The number of hydrogen-bond acceptors (Lipinski definition) is 4. The standard InChI is InChI=1S/C28H29N3O3/c1-6-31-18(3)25(20-11-8-9-13-23(20)31)26(27-22(28(32)33)12-10-16-29-27)21-15-14-19(30(4)5)17-24(21)34-7-2/h8-17H,6-7H2,1-5H3/p+1. The molecule has 0 fully saturated rings. The number of carboxylic acids is 1. The highest BCUT2D eigenvalue weighted by Crippen LogP contribution is 2.44. The first-order chi connectivity index (χ1) is 16.4. The minimum Gasteiger partial charge on any atom is -0.493 e. The largest absolute Gasteiger partial charge is 0.493 e. The lowest BCUT2D eigenvalue weighted by molar-refractivity contribution is -0.432. The minimum absolute atomic E-state index is 0.157. The average Bonchev–Trinajstić information content (AvgIpc) is 3.11. The Morgan fingerprint density at radius 1 is 1.06 bits per heavy atom. The highest BCUT2D eigenvalue weighted by molar-refractivity contribution is 6.32. The Kier molecular flexibility index (Phi) is 6.50. The number of allylic oxidation sites excluding steroid dienone is 1. The van der Waals surface area contributed by atoms with Gasteiger partial charge >= 0.3 is 5.97 Å². The van der Waals surface area contributed by atoms with Gasteiger partial charge in [0, 0.05) is 56.2 Å². The summed E-state index contributed by atoms with van der Waals surface area (Å²) in [6, 6.07) is 17.5. The Balaban J connectivity index is 2.17. The summed E-state index contributed by atoms with van der Waals surface area (Å²) >= 11 is 0. The molecule has 0 bridgehead atoms. The number of benzene rings is 2. The van der Waals surface area contributed by atoms with Crippen molar-refractivity contribution in [3.8, 4) is 5.75 Å². The van der Waals surface area contributed by atoms with E-state index in [0.29, 0.717) is 18.1 Å². The molecule has 34 heavy (non-hydrogen) atoms. The first-order valence-corrected chi connectivity index (χ1v) is 11.5. The van der Waals surface area contributed by atoms with Gasteiger partial charge < -0.3 is 14.7 Å². The molecular weight excluding hydrogens is 426 g/mol.